The highest BCUT2D eigenvalue weighted by molar-refractivity contribution is 14.1. The highest BCUT2D eigenvalue weighted by Gasteiger charge is 2.43. The van der Waals surface area contributed by atoms with Gasteiger partial charge in [0.25, 0.3) is 0 Å². The van der Waals surface area contributed by atoms with E-state index in [0.717, 1.165) is 19.3 Å². The zero-order valence-corrected chi connectivity index (χ0v) is 17.6. The van der Waals surface area contributed by atoms with Gasteiger partial charge in [-0.25, -0.2) is 5.06 Å². The molecule has 0 N–H and O–H groups in total. The lowest BCUT2D eigenvalue weighted by molar-refractivity contribution is -0.175. The van der Waals surface area contributed by atoms with Crippen molar-refractivity contribution < 1.29 is 14.1 Å². The minimum atomic E-state index is -1.79. The lowest BCUT2D eigenvalue weighted by Gasteiger charge is -2.43. The number of halogens is 1. The maximum atomic E-state index is 12.3. The van der Waals surface area contributed by atoms with E-state index in [1.165, 1.54) is 12.2 Å². The summed E-state index contributed by atoms with van der Waals surface area (Å²) in [6.45, 7) is 11.3. The van der Waals surface area contributed by atoms with Gasteiger partial charge in [0, 0.05) is 16.9 Å². The minimum absolute atomic E-state index is 0.0238. The quantitative estimate of drug-likeness (QED) is 0.295. The third-order valence-electron chi connectivity index (χ3n) is 4.90. The first-order valence-electron chi connectivity index (χ1n) is 7.63. The Labute approximate surface area is 144 Å². The van der Waals surface area contributed by atoms with Gasteiger partial charge >= 0.3 is 0 Å². The topological polar surface area (TPSA) is 38.8 Å². The van der Waals surface area contributed by atoms with E-state index in [2.05, 4.69) is 56.5 Å². The highest BCUT2D eigenvalue weighted by atomic mass is 127. The van der Waals surface area contributed by atoms with Gasteiger partial charge < -0.3 is 4.43 Å². The van der Waals surface area contributed by atoms with Crippen LogP contribution in [-0.4, -0.2) is 43.5 Å². The van der Waals surface area contributed by atoms with Crippen molar-refractivity contribution in [3.05, 3.63) is 0 Å². The normalized spacial score (nSPS) is 27.5. The second-order valence-corrected chi connectivity index (χ2v) is 13.8. The molecule has 6 heteroatoms. The molecule has 4 nitrogen and oxygen atoms in total. The Balaban J connectivity index is 2.76. The Morgan fingerprint density at radius 1 is 1.29 bits per heavy atom. The molecule has 0 heterocycles. The highest BCUT2D eigenvalue weighted by Crippen LogP contribution is 2.41. The third-order valence-corrected chi connectivity index (χ3v) is 10.8. The van der Waals surface area contributed by atoms with E-state index >= 15 is 0 Å². The minimum Gasteiger partial charge on any atom is -0.413 e. The molecule has 0 saturated heterocycles. The van der Waals surface area contributed by atoms with E-state index in [4.69, 9.17) is 9.26 Å². The van der Waals surface area contributed by atoms with Crippen LogP contribution in [0.4, 0.5) is 0 Å². The molecule has 0 spiro atoms. The van der Waals surface area contributed by atoms with Crippen molar-refractivity contribution in [3.8, 4) is 0 Å². The number of carbonyl (C=O) groups is 1. The van der Waals surface area contributed by atoms with Gasteiger partial charge in [0.2, 0.25) is 5.91 Å². The van der Waals surface area contributed by atoms with Crippen molar-refractivity contribution in [2.75, 3.05) is 14.2 Å². The summed E-state index contributed by atoms with van der Waals surface area (Å²) < 4.78 is 7.06. The summed E-state index contributed by atoms with van der Waals surface area (Å²) in [4.78, 5) is 17.3. The molecule has 21 heavy (non-hydrogen) atoms. The number of hydrogen-bond donors (Lipinski definition) is 0. The smallest absolute Gasteiger partial charge is 0.249 e. The molecular weight excluding hydrogens is 397 g/mol. The predicted octanol–water partition coefficient (Wildman–Crippen LogP) is 4.00. The summed E-state index contributed by atoms with van der Waals surface area (Å²) in [6.07, 6.45) is 2.96. The van der Waals surface area contributed by atoms with Crippen molar-refractivity contribution >= 4 is 36.8 Å². The number of hydrogen-bond acceptors (Lipinski definition) is 3. The number of carbonyl (C=O) groups excluding carboxylic acids is 1. The largest absolute Gasteiger partial charge is 0.413 e. The summed E-state index contributed by atoms with van der Waals surface area (Å²) in [5.41, 5.74) is 0. The summed E-state index contributed by atoms with van der Waals surface area (Å²) in [5.74, 6) is 0.0976. The van der Waals surface area contributed by atoms with Gasteiger partial charge in [-0.05, 0) is 37.4 Å². The Morgan fingerprint density at radius 2 is 1.86 bits per heavy atom. The molecule has 0 aromatic rings. The first-order chi connectivity index (χ1) is 9.49. The Morgan fingerprint density at radius 3 is 2.33 bits per heavy atom. The molecule has 1 aliphatic rings. The second kappa shape index (κ2) is 7.27. The van der Waals surface area contributed by atoms with E-state index in [0.29, 0.717) is 3.92 Å². The van der Waals surface area contributed by atoms with E-state index in [9.17, 15) is 4.79 Å². The van der Waals surface area contributed by atoms with E-state index < -0.39 is 8.32 Å². The molecule has 1 fully saturated rings. The molecule has 3 atom stereocenters. The molecule has 1 amide bonds. The molecule has 0 radical (unpaired) electrons. The molecule has 0 unspecified atom stereocenters. The van der Waals surface area contributed by atoms with E-state index in [-0.39, 0.29) is 23.0 Å². The lowest BCUT2D eigenvalue weighted by Crippen LogP contribution is -2.49. The van der Waals surface area contributed by atoms with E-state index in [1.54, 1.807) is 7.05 Å². The van der Waals surface area contributed by atoms with Gasteiger partial charge in [0.05, 0.1) is 13.2 Å². The molecule has 1 rings (SSSR count). The monoisotopic (exact) mass is 427 g/mol. The zero-order chi connectivity index (χ0) is 16.4. The van der Waals surface area contributed by atoms with Crippen LogP contribution in [0.15, 0.2) is 0 Å². The zero-order valence-electron chi connectivity index (χ0n) is 14.4. The fraction of sp³-hybridized carbons (Fsp3) is 0.933. The van der Waals surface area contributed by atoms with Crippen molar-refractivity contribution in [2.45, 2.75) is 68.2 Å². The van der Waals surface area contributed by atoms with Crippen LogP contribution in [0, 0.1) is 5.92 Å². The molecule has 0 aliphatic heterocycles. The molecular formula is C15H30INO3Si. The molecule has 124 valence electrons. The first kappa shape index (κ1) is 19.4. The standard InChI is InChI=1S/C15H30INO3Si/c1-15(2,3)21(6,7)20-13-10-11(8-9-12(13)16)14(18)17(4)19-5/h11-13H,8-10H2,1-7H3/t11-,12-,13-/m0/s1. The SMILES string of the molecule is CON(C)C(=O)[C@H]1CC[C@H](I)[C@@H](O[Si](C)(C)C(C)(C)C)C1. The van der Waals surface area contributed by atoms with Crippen LogP contribution in [0.3, 0.4) is 0 Å². The second-order valence-electron chi connectivity index (χ2n) is 7.46. The van der Waals surface area contributed by atoms with Crippen molar-refractivity contribution in [1.29, 1.82) is 0 Å². The molecule has 0 aromatic heterocycles. The van der Waals surface area contributed by atoms with Crippen LogP contribution in [-0.2, 0) is 14.1 Å². The average Bonchev–Trinajstić information content (AvgIpc) is 2.38. The van der Waals surface area contributed by atoms with Crippen molar-refractivity contribution in [1.82, 2.24) is 5.06 Å². The Kier molecular flexibility index (Phi) is 6.71. The fourth-order valence-electron chi connectivity index (χ4n) is 2.34. The van der Waals surface area contributed by atoms with Gasteiger partial charge in [0.15, 0.2) is 8.32 Å². The van der Waals surface area contributed by atoms with Crippen LogP contribution in [0.2, 0.25) is 18.1 Å². The van der Waals surface area contributed by atoms with Crippen molar-refractivity contribution in [3.63, 3.8) is 0 Å². The number of alkyl halides is 1. The number of nitrogens with zero attached hydrogens (tertiary/aromatic N) is 1. The predicted molar refractivity (Wildman–Crippen MR) is 97.0 cm³/mol. The van der Waals surface area contributed by atoms with Gasteiger partial charge in [-0.1, -0.05) is 43.4 Å². The number of amides is 1. The maximum Gasteiger partial charge on any atom is 0.249 e. The number of rotatable bonds is 4. The van der Waals surface area contributed by atoms with Crippen LogP contribution in [0.5, 0.6) is 0 Å². The van der Waals surface area contributed by atoms with Crippen LogP contribution in [0.25, 0.3) is 0 Å². The van der Waals surface area contributed by atoms with Gasteiger partial charge in [0.1, 0.15) is 0 Å². The fourth-order valence-corrected chi connectivity index (χ4v) is 4.79. The molecule has 0 bridgehead atoms. The van der Waals surface area contributed by atoms with Gasteiger partial charge in [-0.3, -0.25) is 9.63 Å². The summed E-state index contributed by atoms with van der Waals surface area (Å²) in [5, 5.41) is 1.55. The maximum absolute atomic E-state index is 12.3. The molecule has 0 aromatic carbocycles. The average molecular weight is 427 g/mol. The number of hydroxylamine groups is 2. The first-order valence-corrected chi connectivity index (χ1v) is 11.8. The van der Waals surface area contributed by atoms with E-state index in [1.807, 2.05) is 0 Å². The van der Waals surface area contributed by atoms with Gasteiger partial charge in [-0.15, -0.1) is 0 Å². The molecule has 1 saturated carbocycles. The van der Waals surface area contributed by atoms with Crippen LogP contribution >= 0.6 is 22.6 Å². The summed E-state index contributed by atoms with van der Waals surface area (Å²) in [6, 6.07) is 0. The van der Waals surface area contributed by atoms with Crippen LogP contribution in [0.1, 0.15) is 40.0 Å². The summed E-state index contributed by atoms with van der Waals surface area (Å²) >= 11 is 2.49. The molecule has 1 aliphatic carbocycles. The Bertz CT molecular complexity index is 370. The van der Waals surface area contributed by atoms with Crippen LogP contribution < -0.4 is 0 Å². The lowest BCUT2D eigenvalue weighted by atomic mass is 9.86. The van der Waals surface area contributed by atoms with Crippen molar-refractivity contribution in [2.24, 2.45) is 5.92 Å². The summed E-state index contributed by atoms with van der Waals surface area (Å²) in [7, 11) is 1.42. The third kappa shape index (κ3) is 4.91. The Hall–Kier alpha value is 0.337. The van der Waals surface area contributed by atoms with Gasteiger partial charge in [-0.2, -0.15) is 0 Å².